The Bertz CT molecular complexity index is 1050. The lowest BCUT2D eigenvalue weighted by molar-refractivity contribution is -0.114. The fourth-order valence-corrected chi connectivity index (χ4v) is 3.57. The van der Waals surface area contributed by atoms with Crippen molar-refractivity contribution in [3.8, 4) is 11.1 Å². The molecule has 4 rings (SSSR count). The minimum atomic E-state index is -0.0599. The summed E-state index contributed by atoms with van der Waals surface area (Å²) < 4.78 is 0. The van der Waals surface area contributed by atoms with Crippen molar-refractivity contribution in [1.82, 2.24) is 0 Å². The Morgan fingerprint density at radius 3 is 2.19 bits per heavy atom. The SMILES string of the molecule is CC(=O)Nc1ccc2c(c1)/C(=C\c1ccc(N(C)C)cc1)c1ccccc1-2. The Labute approximate surface area is 160 Å². The third-order valence-electron chi connectivity index (χ3n) is 4.86. The van der Waals surface area contributed by atoms with Gasteiger partial charge in [-0.3, -0.25) is 4.79 Å². The summed E-state index contributed by atoms with van der Waals surface area (Å²) in [5, 5.41) is 2.89. The van der Waals surface area contributed by atoms with Crippen LogP contribution in [0.15, 0.2) is 66.7 Å². The zero-order valence-corrected chi connectivity index (χ0v) is 15.8. The van der Waals surface area contributed by atoms with Gasteiger partial charge in [0.15, 0.2) is 0 Å². The lowest BCUT2D eigenvalue weighted by Crippen LogP contribution is -2.07. The predicted molar refractivity (Wildman–Crippen MR) is 114 cm³/mol. The number of fused-ring (bicyclic) bond motifs is 3. The predicted octanol–water partition coefficient (Wildman–Crippen LogP) is 5.28. The van der Waals surface area contributed by atoms with Crippen molar-refractivity contribution in [2.75, 3.05) is 24.3 Å². The number of amides is 1. The van der Waals surface area contributed by atoms with Gasteiger partial charge >= 0.3 is 0 Å². The molecule has 0 fully saturated rings. The van der Waals surface area contributed by atoms with Crippen molar-refractivity contribution in [1.29, 1.82) is 0 Å². The molecule has 134 valence electrons. The summed E-state index contributed by atoms with van der Waals surface area (Å²) in [6.45, 7) is 1.53. The fraction of sp³-hybridized carbons (Fsp3) is 0.125. The first-order chi connectivity index (χ1) is 13.0. The standard InChI is InChI=1S/C24H22N2O/c1-16(27)25-18-10-13-22-20-6-4-5-7-21(20)23(24(22)15-18)14-17-8-11-19(12-9-17)26(2)3/h4-15H,1-3H3,(H,25,27)/b23-14-. The van der Waals surface area contributed by atoms with Crippen molar-refractivity contribution in [2.24, 2.45) is 0 Å². The van der Waals surface area contributed by atoms with Crippen LogP contribution in [0.25, 0.3) is 22.8 Å². The van der Waals surface area contributed by atoms with Gasteiger partial charge in [0, 0.05) is 32.4 Å². The molecule has 0 heterocycles. The van der Waals surface area contributed by atoms with Gasteiger partial charge < -0.3 is 10.2 Å². The topological polar surface area (TPSA) is 32.3 Å². The second kappa shape index (κ2) is 6.76. The third-order valence-corrected chi connectivity index (χ3v) is 4.86. The molecule has 3 heteroatoms. The number of carbonyl (C=O) groups excluding carboxylic acids is 1. The quantitative estimate of drug-likeness (QED) is 0.543. The van der Waals surface area contributed by atoms with Crippen molar-refractivity contribution < 1.29 is 4.79 Å². The van der Waals surface area contributed by atoms with Crippen LogP contribution in [-0.2, 0) is 4.79 Å². The van der Waals surface area contributed by atoms with Gasteiger partial charge in [0.25, 0.3) is 0 Å². The molecule has 1 N–H and O–H groups in total. The largest absolute Gasteiger partial charge is 0.378 e. The van der Waals surface area contributed by atoms with Crippen LogP contribution in [-0.4, -0.2) is 20.0 Å². The number of rotatable bonds is 3. The van der Waals surface area contributed by atoms with Gasteiger partial charge in [-0.1, -0.05) is 42.5 Å². The van der Waals surface area contributed by atoms with Gasteiger partial charge in [0.1, 0.15) is 0 Å². The molecule has 3 nitrogen and oxygen atoms in total. The van der Waals surface area contributed by atoms with E-state index in [2.05, 4.69) is 77.0 Å². The molecule has 0 bridgehead atoms. The summed E-state index contributed by atoms with van der Waals surface area (Å²) in [6.07, 6.45) is 2.22. The molecule has 27 heavy (non-hydrogen) atoms. The molecule has 3 aromatic carbocycles. The van der Waals surface area contributed by atoms with Crippen molar-refractivity contribution in [3.05, 3.63) is 83.4 Å². The van der Waals surface area contributed by atoms with Gasteiger partial charge in [0.2, 0.25) is 5.91 Å². The van der Waals surface area contributed by atoms with Crippen LogP contribution in [0.3, 0.4) is 0 Å². The lowest BCUT2D eigenvalue weighted by Gasteiger charge is -2.12. The van der Waals surface area contributed by atoms with Crippen LogP contribution in [0.5, 0.6) is 0 Å². The van der Waals surface area contributed by atoms with E-state index in [9.17, 15) is 4.79 Å². The number of carbonyl (C=O) groups is 1. The summed E-state index contributed by atoms with van der Waals surface area (Å²) >= 11 is 0. The van der Waals surface area contributed by atoms with Gasteiger partial charge in [-0.05, 0) is 63.7 Å². The molecule has 0 radical (unpaired) electrons. The molecule has 3 aromatic rings. The lowest BCUT2D eigenvalue weighted by atomic mass is 10.0. The Balaban J connectivity index is 1.83. The number of nitrogens with zero attached hydrogens (tertiary/aromatic N) is 1. The molecular weight excluding hydrogens is 332 g/mol. The van der Waals surface area contributed by atoms with Gasteiger partial charge in [-0.25, -0.2) is 0 Å². The first-order valence-electron chi connectivity index (χ1n) is 9.04. The zero-order chi connectivity index (χ0) is 19.0. The van der Waals surface area contributed by atoms with Crippen LogP contribution >= 0.6 is 0 Å². The molecule has 0 saturated heterocycles. The van der Waals surface area contributed by atoms with E-state index >= 15 is 0 Å². The monoisotopic (exact) mass is 354 g/mol. The maximum absolute atomic E-state index is 11.5. The smallest absolute Gasteiger partial charge is 0.221 e. The molecule has 1 aliphatic carbocycles. The maximum Gasteiger partial charge on any atom is 0.221 e. The molecule has 0 unspecified atom stereocenters. The van der Waals surface area contributed by atoms with E-state index < -0.39 is 0 Å². The number of nitrogens with one attached hydrogen (secondary N) is 1. The van der Waals surface area contributed by atoms with Crippen molar-refractivity contribution >= 4 is 28.9 Å². The normalized spacial score (nSPS) is 13.2. The first kappa shape index (κ1) is 17.1. The third kappa shape index (κ3) is 3.24. The molecular formula is C24H22N2O. The van der Waals surface area contributed by atoms with E-state index in [1.807, 2.05) is 20.2 Å². The summed E-state index contributed by atoms with van der Waals surface area (Å²) in [6, 6.07) is 23.1. The first-order valence-corrected chi connectivity index (χ1v) is 9.04. The Morgan fingerprint density at radius 1 is 0.852 bits per heavy atom. The van der Waals surface area contributed by atoms with E-state index in [-0.39, 0.29) is 5.91 Å². The average molecular weight is 354 g/mol. The zero-order valence-electron chi connectivity index (χ0n) is 15.8. The molecule has 0 saturated carbocycles. The van der Waals surface area contributed by atoms with Gasteiger partial charge in [-0.15, -0.1) is 0 Å². The Morgan fingerprint density at radius 2 is 1.52 bits per heavy atom. The molecule has 0 atom stereocenters. The van der Waals surface area contributed by atoms with Crippen molar-refractivity contribution in [3.63, 3.8) is 0 Å². The number of benzene rings is 3. The number of hydrogen-bond acceptors (Lipinski definition) is 2. The second-order valence-corrected chi connectivity index (χ2v) is 7.03. The Kier molecular flexibility index (Phi) is 4.28. The summed E-state index contributed by atoms with van der Waals surface area (Å²) in [5.41, 5.74) is 9.16. The highest BCUT2D eigenvalue weighted by molar-refractivity contribution is 6.07. The van der Waals surface area contributed by atoms with E-state index in [1.54, 1.807) is 0 Å². The van der Waals surface area contributed by atoms with E-state index in [1.165, 1.54) is 34.9 Å². The average Bonchev–Trinajstić information content (AvgIpc) is 2.95. The highest BCUT2D eigenvalue weighted by Gasteiger charge is 2.23. The van der Waals surface area contributed by atoms with E-state index in [0.717, 1.165) is 16.8 Å². The summed E-state index contributed by atoms with van der Waals surface area (Å²) in [4.78, 5) is 13.6. The molecule has 1 aliphatic rings. The fourth-order valence-electron chi connectivity index (χ4n) is 3.57. The molecule has 0 aliphatic heterocycles. The molecule has 1 amide bonds. The number of anilines is 2. The van der Waals surface area contributed by atoms with Crippen LogP contribution in [0.1, 0.15) is 23.6 Å². The summed E-state index contributed by atoms with van der Waals surface area (Å²) in [5.74, 6) is -0.0599. The highest BCUT2D eigenvalue weighted by Crippen LogP contribution is 2.45. The highest BCUT2D eigenvalue weighted by atomic mass is 16.1. The van der Waals surface area contributed by atoms with Crippen LogP contribution in [0.2, 0.25) is 0 Å². The minimum absolute atomic E-state index is 0.0599. The van der Waals surface area contributed by atoms with E-state index in [0.29, 0.717) is 0 Å². The molecule has 0 aromatic heterocycles. The minimum Gasteiger partial charge on any atom is -0.378 e. The molecule has 0 spiro atoms. The van der Waals surface area contributed by atoms with E-state index in [4.69, 9.17) is 0 Å². The van der Waals surface area contributed by atoms with Crippen LogP contribution in [0, 0.1) is 0 Å². The summed E-state index contributed by atoms with van der Waals surface area (Å²) in [7, 11) is 4.08. The van der Waals surface area contributed by atoms with Gasteiger partial charge in [-0.2, -0.15) is 0 Å². The number of hydrogen-bond donors (Lipinski definition) is 1. The van der Waals surface area contributed by atoms with Crippen molar-refractivity contribution in [2.45, 2.75) is 6.92 Å². The Hall–Kier alpha value is -3.33. The van der Waals surface area contributed by atoms with Gasteiger partial charge in [0.05, 0.1) is 0 Å². The van der Waals surface area contributed by atoms with Crippen LogP contribution < -0.4 is 10.2 Å². The van der Waals surface area contributed by atoms with Crippen LogP contribution in [0.4, 0.5) is 11.4 Å². The maximum atomic E-state index is 11.5. The second-order valence-electron chi connectivity index (χ2n) is 7.03.